The molecule has 1 amide bonds. The minimum atomic E-state index is -0.965. The molecular weight excluding hydrogens is 573 g/mol. The van der Waals surface area contributed by atoms with E-state index >= 15 is 0 Å². The van der Waals surface area contributed by atoms with E-state index in [1.54, 1.807) is 66.7 Å². The van der Waals surface area contributed by atoms with Gasteiger partial charge in [0.2, 0.25) is 5.13 Å². The predicted molar refractivity (Wildman–Crippen MR) is 154 cm³/mol. The minimum absolute atomic E-state index is 0.0784. The maximum atomic E-state index is 14.1. The molecule has 1 N–H and O–H groups in total. The van der Waals surface area contributed by atoms with Crippen molar-refractivity contribution in [2.45, 2.75) is 29.5 Å². The molecule has 5 rings (SSSR count). The summed E-state index contributed by atoms with van der Waals surface area (Å²) >= 11 is 8.39. The summed E-state index contributed by atoms with van der Waals surface area (Å²) in [6, 6.07) is 18.8. The molecule has 0 radical (unpaired) electrons. The fourth-order valence-electron chi connectivity index (χ4n) is 4.19. The molecule has 0 saturated carbocycles. The van der Waals surface area contributed by atoms with Crippen LogP contribution in [0.2, 0.25) is 5.02 Å². The highest BCUT2D eigenvalue weighted by molar-refractivity contribution is 8.00. The zero-order valence-corrected chi connectivity index (χ0v) is 23.6. The van der Waals surface area contributed by atoms with Crippen molar-refractivity contribution in [1.29, 1.82) is 0 Å². The molecule has 1 aromatic heterocycles. The third kappa shape index (κ3) is 5.74. The third-order valence-corrected chi connectivity index (χ3v) is 8.50. The summed E-state index contributed by atoms with van der Waals surface area (Å²) in [6.07, 6.45) is 0.845. The van der Waals surface area contributed by atoms with Gasteiger partial charge in [0.15, 0.2) is 4.34 Å². The largest absolute Gasteiger partial charge is 0.507 e. The second-order valence-corrected chi connectivity index (χ2v) is 11.4. The highest BCUT2D eigenvalue weighted by Crippen LogP contribution is 2.44. The quantitative estimate of drug-likeness (QED) is 0.0729. The smallest absolute Gasteiger partial charge is 0.301 e. The SMILES string of the molecule is CCCOc1ccc(C2/C(=C(/O)c3ccc(Cl)cc3)C(=O)C(=O)N2c2nnc(SCc3ccccc3F)s2)cc1. The predicted octanol–water partition coefficient (Wildman–Crippen LogP) is 7.04. The average Bonchev–Trinajstić information content (AvgIpc) is 3.53. The Kier molecular flexibility index (Phi) is 8.49. The van der Waals surface area contributed by atoms with Gasteiger partial charge in [-0.25, -0.2) is 4.39 Å². The number of Topliss-reactive ketones (excluding diaryl/α,β-unsaturated/α-hetero) is 1. The molecule has 1 atom stereocenters. The van der Waals surface area contributed by atoms with Gasteiger partial charge < -0.3 is 9.84 Å². The van der Waals surface area contributed by atoms with Crippen LogP contribution in [0.15, 0.2) is 82.7 Å². The molecule has 40 heavy (non-hydrogen) atoms. The summed E-state index contributed by atoms with van der Waals surface area (Å²) in [5.74, 6) is -1.37. The van der Waals surface area contributed by atoms with Gasteiger partial charge in [0.25, 0.3) is 5.78 Å². The van der Waals surface area contributed by atoms with E-state index in [0.717, 1.165) is 17.8 Å². The van der Waals surface area contributed by atoms with Gasteiger partial charge in [-0.15, -0.1) is 10.2 Å². The van der Waals surface area contributed by atoms with Crippen LogP contribution in [0, 0.1) is 5.82 Å². The van der Waals surface area contributed by atoms with Crippen molar-refractivity contribution in [3.63, 3.8) is 0 Å². The topological polar surface area (TPSA) is 92.6 Å². The molecule has 1 unspecified atom stereocenters. The molecule has 1 fully saturated rings. The summed E-state index contributed by atoms with van der Waals surface area (Å²) < 4.78 is 20.3. The van der Waals surface area contributed by atoms with E-state index in [9.17, 15) is 19.1 Å². The number of aliphatic hydroxyl groups is 1. The van der Waals surface area contributed by atoms with Crippen LogP contribution in [-0.4, -0.2) is 33.6 Å². The average molecular weight is 596 g/mol. The number of rotatable bonds is 9. The van der Waals surface area contributed by atoms with E-state index in [4.69, 9.17) is 16.3 Å². The van der Waals surface area contributed by atoms with Crippen molar-refractivity contribution in [3.05, 3.63) is 106 Å². The second-order valence-electron chi connectivity index (χ2n) is 8.82. The van der Waals surface area contributed by atoms with E-state index in [-0.39, 0.29) is 22.3 Å². The number of halogens is 2. The molecule has 1 saturated heterocycles. The maximum Gasteiger partial charge on any atom is 0.301 e. The van der Waals surface area contributed by atoms with Gasteiger partial charge in [0, 0.05) is 16.3 Å². The van der Waals surface area contributed by atoms with Gasteiger partial charge in [-0.1, -0.05) is 72.0 Å². The van der Waals surface area contributed by atoms with Gasteiger partial charge in [-0.2, -0.15) is 0 Å². The molecule has 3 aromatic carbocycles. The molecule has 11 heteroatoms. The molecular formula is C29H23ClFN3O4S2. The highest BCUT2D eigenvalue weighted by atomic mass is 35.5. The Hall–Kier alpha value is -3.73. The fraction of sp³-hybridized carbons (Fsp3) is 0.172. The molecule has 1 aliphatic rings. The van der Waals surface area contributed by atoms with Crippen molar-refractivity contribution < 1.29 is 23.8 Å². The number of ketones is 1. The van der Waals surface area contributed by atoms with Gasteiger partial charge >= 0.3 is 5.91 Å². The van der Waals surface area contributed by atoms with Crippen LogP contribution in [0.25, 0.3) is 5.76 Å². The van der Waals surface area contributed by atoms with Crippen LogP contribution >= 0.6 is 34.7 Å². The molecule has 1 aliphatic heterocycles. The lowest BCUT2D eigenvalue weighted by molar-refractivity contribution is -0.132. The summed E-state index contributed by atoms with van der Waals surface area (Å²) in [4.78, 5) is 28.0. The van der Waals surface area contributed by atoms with Crippen LogP contribution in [-0.2, 0) is 15.3 Å². The molecule has 2 heterocycles. The molecule has 204 valence electrons. The molecule has 0 bridgehead atoms. The van der Waals surface area contributed by atoms with Crippen LogP contribution < -0.4 is 9.64 Å². The number of thioether (sulfide) groups is 1. The number of amides is 1. The van der Waals surface area contributed by atoms with E-state index < -0.39 is 17.7 Å². The third-order valence-electron chi connectivity index (χ3n) is 6.14. The zero-order valence-electron chi connectivity index (χ0n) is 21.2. The number of carbonyl (C=O) groups is 2. The monoisotopic (exact) mass is 595 g/mol. The Morgan fingerprint density at radius 2 is 1.80 bits per heavy atom. The lowest BCUT2D eigenvalue weighted by atomic mass is 9.95. The van der Waals surface area contributed by atoms with Crippen molar-refractivity contribution >= 4 is 57.3 Å². The lowest BCUT2D eigenvalue weighted by Crippen LogP contribution is -2.29. The number of aromatic nitrogens is 2. The molecule has 4 aromatic rings. The van der Waals surface area contributed by atoms with Crippen molar-refractivity contribution in [1.82, 2.24) is 10.2 Å². The molecule has 0 spiro atoms. The number of anilines is 1. The Balaban J connectivity index is 1.53. The standard InChI is InChI=1S/C29H23ClFN3O4S2/c1-2-15-38-21-13-9-17(10-14-21)24-23(25(35)18-7-11-20(30)12-8-18)26(36)27(37)34(24)28-32-33-29(40-28)39-16-19-5-3-4-6-22(19)31/h3-14,24,35H,2,15-16H2,1H3/b25-23-. The minimum Gasteiger partial charge on any atom is -0.507 e. The Labute approximate surface area is 243 Å². The number of benzene rings is 3. The lowest BCUT2D eigenvalue weighted by Gasteiger charge is -2.22. The number of hydrogen-bond acceptors (Lipinski definition) is 8. The summed E-state index contributed by atoms with van der Waals surface area (Å²) in [7, 11) is 0. The van der Waals surface area contributed by atoms with E-state index in [1.807, 2.05) is 6.92 Å². The Bertz CT molecular complexity index is 1570. The number of hydrogen-bond donors (Lipinski definition) is 1. The van der Waals surface area contributed by atoms with Crippen molar-refractivity contribution in [2.24, 2.45) is 0 Å². The van der Waals surface area contributed by atoms with Crippen LogP contribution in [0.5, 0.6) is 5.75 Å². The van der Waals surface area contributed by atoms with Gasteiger partial charge in [-0.05, 0) is 60.0 Å². The van der Waals surface area contributed by atoms with Crippen molar-refractivity contribution in [3.8, 4) is 5.75 Å². The zero-order chi connectivity index (χ0) is 28.2. The highest BCUT2D eigenvalue weighted by Gasteiger charge is 2.48. The molecule has 0 aliphatic carbocycles. The summed E-state index contributed by atoms with van der Waals surface area (Å²) in [6.45, 7) is 2.55. The summed E-state index contributed by atoms with van der Waals surface area (Å²) in [5, 5.41) is 20.3. The number of carbonyl (C=O) groups excluding carboxylic acids is 2. The van der Waals surface area contributed by atoms with E-state index in [2.05, 4.69) is 10.2 Å². The van der Waals surface area contributed by atoms with Crippen molar-refractivity contribution in [2.75, 3.05) is 11.5 Å². The fourth-order valence-corrected chi connectivity index (χ4v) is 6.17. The van der Waals surface area contributed by atoms with Gasteiger partial charge in [0.05, 0.1) is 18.2 Å². The number of nitrogens with zero attached hydrogens (tertiary/aromatic N) is 3. The number of aliphatic hydroxyl groups excluding tert-OH is 1. The summed E-state index contributed by atoms with van der Waals surface area (Å²) in [5.41, 5.74) is 1.35. The van der Waals surface area contributed by atoms with Crippen LogP contribution in [0.1, 0.15) is 36.1 Å². The van der Waals surface area contributed by atoms with Crippen LogP contribution in [0.4, 0.5) is 9.52 Å². The first-order valence-electron chi connectivity index (χ1n) is 12.4. The maximum absolute atomic E-state index is 14.1. The van der Waals surface area contributed by atoms with E-state index in [0.29, 0.717) is 44.2 Å². The second kappa shape index (κ2) is 12.2. The van der Waals surface area contributed by atoms with Gasteiger partial charge in [0.1, 0.15) is 17.3 Å². The normalized spacial score (nSPS) is 16.5. The van der Waals surface area contributed by atoms with E-state index in [1.165, 1.54) is 22.7 Å². The number of ether oxygens (including phenoxy) is 1. The Morgan fingerprint density at radius 3 is 2.50 bits per heavy atom. The first-order chi connectivity index (χ1) is 19.4. The van der Waals surface area contributed by atoms with Crippen LogP contribution in [0.3, 0.4) is 0 Å². The molecule has 7 nitrogen and oxygen atoms in total. The van der Waals surface area contributed by atoms with Gasteiger partial charge in [-0.3, -0.25) is 14.5 Å². The first kappa shape index (κ1) is 27.8. The Morgan fingerprint density at radius 1 is 1.07 bits per heavy atom. The first-order valence-corrected chi connectivity index (χ1v) is 14.5.